The zero-order chi connectivity index (χ0) is 17.1. The number of carbonyl (C=O) groups excluding carboxylic acids is 1. The van der Waals surface area contributed by atoms with Gasteiger partial charge < -0.3 is 14.5 Å². The van der Waals surface area contributed by atoms with Gasteiger partial charge in [0.2, 0.25) is 5.91 Å². The summed E-state index contributed by atoms with van der Waals surface area (Å²) in [5.41, 5.74) is 0. The third-order valence-electron chi connectivity index (χ3n) is 3.47. The Morgan fingerprint density at radius 2 is 2.04 bits per heavy atom. The van der Waals surface area contributed by atoms with Crippen LogP contribution in [0.25, 0.3) is 0 Å². The molecule has 1 heterocycles. The zero-order valence-electron chi connectivity index (χ0n) is 13.4. The lowest BCUT2D eigenvalue weighted by Crippen LogP contribution is -2.32. The van der Waals surface area contributed by atoms with Crippen molar-refractivity contribution < 1.29 is 18.3 Å². The molecule has 1 aromatic heterocycles. The van der Waals surface area contributed by atoms with Gasteiger partial charge in [0.05, 0.1) is 5.25 Å². The summed E-state index contributed by atoms with van der Waals surface area (Å²) in [4.78, 5) is 11.9. The van der Waals surface area contributed by atoms with Crippen LogP contribution in [0.5, 0.6) is 5.75 Å². The molecule has 0 spiro atoms. The Balaban J connectivity index is 1.55. The third kappa shape index (κ3) is 4.47. The van der Waals surface area contributed by atoms with Gasteiger partial charge in [-0.2, -0.15) is 0 Å². The van der Waals surface area contributed by atoms with E-state index in [2.05, 4.69) is 15.5 Å². The van der Waals surface area contributed by atoms with E-state index in [1.54, 1.807) is 13.8 Å². The molecule has 0 saturated heterocycles. The second-order valence-corrected chi connectivity index (χ2v) is 6.96. The molecule has 8 heteroatoms. The first-order chi connectivity index (χ1) is 11.5. The number of carbonyl (C=O) groups is 1. The van der Waals surface area contributed by atoms with Crippen LogP contribution in [0.4, 0.5) is 4.39 Å². The van der Waals surface area contributed by atoms with Gasteiger partial charge in [0, 0.05) is 6.04 Å². The molecule has 2 atom stereocenters. The molecule has 1 amide bonds. The van der Waals surface area contributed by atoms with E-state index in [0.717, 1.165) is 12.8 Å². The number of ether oxygens (including phenoxy) is 1. The maximum absolute atomic E-state index is 12.9. The summed E-state index contributed by atoms with van der Waals surface area (Å²) < 4.78 is 24.1. The molecule has 128 valence electrons. The van der Waals surface area contributed by atoms with Crippen molar-refractivity contribution in [1.82, 2.24) is 15.5 Å². The molecule has 24 heavy (non-hydrogen) atoms. The van der Waals surface area contributed by atoms with Crippen molar-refractivity contribution >= 4 is 17.7 Å². The normalized spacial score (nSPS) is 16.5. The van der Waals surface area contributed by atoms with Crippen molar-refractivity contribution in [3.63, 3.8) is 0 Å². The number of rotatable bonds is 7. The van der Waals surface area contributed by atoms with Crippen LogP contribution in [0, 0.1) is 5.82 Å². The molecule has 2 aromatic rings. The molecule has 0 aliphatic heterocycles. The monoisotopic (exact) mass is 351 g/mol. The number of hydrogen-bond donors (Lipinski definition) is 1. The summed E-state index contributed by atoms with van der Waals surface area (Å²) in [7, 11) is 0. The predicted molar refractivity (Wildman–Crippen MR) is 86.2 cm³/mol. The Hall–Kier alpha value is -2.09. The molecule has 1 saturated carbocycles. The molecule has 0 unspecified atom stereocenters. The minimum absolute atomic E-state index is 0.0298. The molecule has 3 rings (SSSR count). The first-order valence-electron chi connectivity index (χ1n) is 7.74. The van der Waals surface area contributed by atoms with E-state index in [0.29, 0.717) is 22.9 Å². The minimum atomic E-state index is -0.479. The van der Waals surface area contributed by atoms with E-state index < -0.39 is 6.10 Å². The van der Waals surface area contributed by atoms with E-state index in [4.69, 9.17) is 9.15 Å². The highest BCUT2D eigenvalue weighted by molar-refractivity contribution is 8.00. The predicted octanol–water partition coefficient (Wildman–Crippen LogP) is 3.11. The number of nitrogens with zero attached hydrogens (tertiary/aromatic N) is 2. The van der Waals surface area contributed by atoms with Crippen LogP contribution < -0.4 is 10.1 Å². The van der Waals surface area contributed by atoms with Gasteiger partial charge in [-0.3, -0.25) is 4.79 Å². The molecule has 1 aromatic carbocycles. The average molecular weight is 351 g/mol. The van der Waals surface area contributed by atoms with Gasteiger partial charge in [-0.05, 0) is 51.0 Å². The fraction of sp³-hybridized carbons (Fsp3) is 0.438. The molecule has 1 fully saturated rings. The second kappa shape index (κ2) is 7.21. The van der Waals surface area contributed by atoms with Gasteiger partial charge in [0.15, 0.2) is 6.10 Å². The highest BCUT2D eigenvalue weighted by Crippen LogP contribution is 2.27. The molecule has 0 bridgehead atoms. The molecular weight excluding hydrogens is 333 g/mol. The zero-order valence-corrected chi connectivity index (χ0v) is 14.2. The van der Waals surface area contributed by atoms with E-state index in [9.17, 15) is 9.18 Å². The van der Waals surface area contributed by atoms with Crippen LogP contribution >= 0.6 is 11.8 Å². The smallest absolute Gasteiger partial charge is 0.277 e. The highest BCUT2D eigenvalue weighted by atomic mass is 32.2. The van der Waals surface area contributed by atoms with Crippen molar-refractivity contribution in [2.45, 2.75) is 49.3 Å². The Morgan fingerprint density at radius 3 is 2.71 bits per heavy atom. The molecular formula is C16H18FN3O3S. The van der Waals surface area contributed by atoms with Gasteiger partial charge >= 0.3 is 0 Å². The number of nitrogens with one attached hydrogen (secondary N) is 1. The largest absolute Gasteiger partial charge is 0.481 e. The minimum Gasteiger partial charge on any atom is -0.481 e. The van der Waals surface area contributed by atoms with Gasteiger partial charge in [-0.1, -0.05) is 11.8 Å². The third-order valence-corrected chi connectivity index (χ3v) is 4.40. The summed E-state index contributed by atoms with van der Waals surface area (Å²) in [6.07, 6.45) is 1.62. The molecule has 1 N–H and O–H groups in total. The van der Waals surface area contributed by atoms with Crippen LogP contribution in [0.15, 0.2) is 33.9 Å². The maximum Gasteiger partial charge on any atom is 0.277 e. The van der Waals surface area contributed by atoms with Crippen molar-refractivity contribution in [3.05, 3.63) is 36.0 Å². The SMILES string of the molecule is C[C@H](Oc1ccc(F)cc1)c1nnc(S[C@H](C)C(=O)NC2CC2)o1. The number of thioether (sulfide) groups is 1. The second-order valence-electron chi connectivity index (χ2n) is 5.66. The molecule has 1 aliphatic rings. The number of aromatic nitrogens is 2. The average Bonchev–Trinajstić information content (AvgIpc) is 3.24. The Labute approximate surface area is 143 Å². The lowest BCUT2D eigenvalue weighted by molar-refractivity contribution is -0.120. The quantitative estimate of drug-likeness (QED) is 0.773. The Morgan fingerprint density at radius 1 is 1.33 bits per heavy atom. The van der Waals surface area contributed by atoms with Crippen molar-refractivity contribution in [1.29, 1.82) is 0 Å². The first kappa shape index (κ1) is 16.8. The van der Waals surface area contributed by atoms with Gasteiger partial charge in [-0.15, -0.1) is 10.2 Å². The fourth-order valence-corrected chi connectivity index (χ4v) is 2.65. The number of halogens is 1. The Bertz CT molecular complexity index is 703. The van der Waals surface area contributed by atoms with Crippen LogP contribution in [0.3, 0.4) is 0 Å². The number of hydrogen-bond acceptors (Lipinski definition) is 6. The van der Waals surface area contributed by atoms with E-state index >= 15 is 0 Å². The fourth-order valence-electron chi connectivity index (χ4n) is 1.95. The molecule has 0 radical (unpaired) electrons. The summed E-state index contributed by atoms with van der Waals surface area (Å²) in [6, 6.07) is 6.02. The lowest BCUT2D eigenvalue weighted by atomic mass is 10.3. The standard InChI is InChI=1S/C16H18FN3O3S/c1-9(22-13-7-3-11(17)4-8-13)15-19-20-16(23-15)24-10(2)14(21)18-12-5-6-12/h3-4,7-10,12H,5-6H2,1-2H3,(H,18,21)/t9-,10+/m0/s1. The van der Waals surface area contributed by atoms with E-state index in [1.165, 1.54) is 36.0 Å². The van der Waals surface area contributed by atoms with Crippen LogP contribution in [-0.4, -0.2) is 27.4 Å². The lowest BCUT2D eigenvalue weighted by Gasteiger charge is -2.11. The summed E-state index contributed by atoms with van der Waals surface area (Å²) >= 11 is 1.21. The van der Waals surface area contributed by atoms with Crippen LogP contribution in [-0.2, 0) is 4.79 Å². The van der Waals surface area contributed by atoms with Gasteiger partial charge in [-0.25, -0.2) is 4.39 Å². The van der Waals surface area contributed by atoms with Crippen molar-refractivity contribution in [2.75, 3.05) is 0 Å². The van der Waals surface area contributed by atoms with Crippen LogP contribution in [0.2, 0.25) is 0 Å². The summed E-state index contributed by atoms with van der Waals surface area (Å²) in [5, 5.41) is 10.8. The summed E-state index contributed by atoms with van der Waals surface area (Å²) in [6.45, 7) is 3.55. The molecule has 1 aliphatic carbocycles. The maximum atomic E-state index is 12.9. The molecule has 6 nitrogen and oxygen atoms in total. The van der Waals surface area contributed by atoms with Crippen molar-refractivity contribution in [2.24, 2.45) is 0 Å². The number of amides is 1. The Kier molecular flexibility index (Phi) is 5.03. The van der Waals surface area contributed by atoms with E-state index in [-0.39, 0.29) is 17.0 Å². The topological polar surface area (TPSA) is 77.2 Å². The summed E-state index contributed by atoms with van der Waals surface area (Å²) in [5.74, 6) is 0.452. The van der Waals surface area contributed by atoms with Gasteiger partial charge in [0.25, 0.3) is 11.1 Å². The van der Waals surface area contributed by atoms with Crippen molar-refractivity contribution in [3.8, 4) is 5.75 Å². The first-order valence-corrected chi connectivity index (χ1v) is 8.62. The van der Waals surface area contributed by atoms with Crippen LogP contribution in [0.1, 0.15) is 38.7 Å². The highest BCUT2D eigenvalue weighted by Gasteiger charge is 2.27. The number of benzene rings is 1. The van der Waals surface area contributed by atoms with Gasteiger partial charge in [0.1, 0.15) is 11.6 Å². The van der Waals surface area contributed by atoms with E-state index in [1.807, 2.05) is 0 Å².